The highest BCUT2D eigenvalue weighted by molar-refractivity contribution is 8.93. The Bertz CT molecular complexity index is 422. The number of halogens is 1. The number of hydrogen-bond acceptors (Lipinski definition) is 2. The van der Waals surface area contributed by atoms with Gasteiger partial charge in [0.15, 0.2) is 0 Å². The van der Waals surface area contributed by atoms with E-state index >= 15 is 0 Å². The van der Waals surface area contributed by atoms with E-state index in [1.54, 1.807) is 12.1 Å². The smallest absolute Gasteiger partial charge is 0.115 e. The molecule has 0 fully saturated rings. The van der Waals surface area contributed by atoms with Gasteiger partial charge in [0.05, 0.1) is 18.2 Å². The van der Waals surface area contributed by atoms with Gasteiger partial charge in [-0.3, -0.25) is 0 Å². The molecule has 0 aliphatic heterocycles. The first-order valence-corrected chi connectivity index (χ1v) is 4.61. The molecule has 2 aromatic rings. The van der Waals surface area contributed by atoms with E-state index in [-0.39, 0.29) is 22.7 Å². The van der Waals surface area contributed by atoms with Crippen molar-refractivity contribution in [2.45, 2.75) is 13.5 Å². The molecule has 0 atom stereocenters. The molecule has 15 heavy (non-hydrogen) atoms. The number of aromatic nitrogens is 2. The third-order valence-corrected chi connectivity index (χ3v) is 2.22. The number of rotatable bonds is 2. The number of phenols is 1. The molecule has 0 aliphatic rings. The van der Waals surface area contributed by atoms with Crippen LogP contribution in [0, 0.1) is 0 Å². The van der Waals surface area contributed by atoms with Crippen molar-refractivity contribution in [2.75, 3.05) is 0 Å². The van der Waals surface area contributed by atoms with Crippen molar-refractivity contribution in [2.24, 2.45) is 0 Å². The highest BCUT2D eigenvalue weighted by Gasteiger charge is 2.02. The SMILES string of the molecule is Br.CCn1cncc1-c1ccc(O)cc1. The van der Waals surface area contributed by atoms with Crippen LogP contribution < -0.4 is 0 Å². The van der Waals surface area contributed by atoms with E-state index in [9.17, 15) is 0 Å². The molecule has 0 saturated carbocycles. The molecule has 2 rings (SSSR count). The minimum absolute atomic E-state index is 0. The lowest BCUT2D eigenvalue weighted by atomic mass is 10.1. The normalized spacial score (nSPS) is 9.67. The summed E-state index contributed by atoms with van der Waals surface area (Å²) in [6.07, 6.45) is 3.64. The van der Waals surface area contributed by atoms with Gasteiger partial charge >= 0.3 is 0 Å². The van der Waals surface area contributed by atoms with Gasteiger partial charge in [0.25, 0.3) is 0 Å². The summed E-state index contributed by atoms with van der Waals surface area (Å²) in [5.74, 6) is 0.288. The van der Waals surface area contributed by atoms with Crippen LogP contribution in [0.4, 0.5) is 0 Å². The second-order valence-corrected chi connectivity index (χ2v) is 3.11. The van der Waals surface area contributed by atoms with Gasteiger partial charge in [0, 0.05) is 12.1 Å². The molecule has 0 radical (unpaired) electrons. The van der Waals surface area contributed by atoms with Gasteiger partial charge in [-0.25, -0.2) is 4.98 Å². The van der Waals surface area contributed by atoms with Crippen molar-refractivity contribution >= 4 is 17.0 Å². The van der Waals surface area contributed by atoms with Crippen molar-refractivity contribution in [3.05, 3.63) is 36.8 Å². The zero-order valence-electron chi connectivity index (χ0n) is 8.42. The first-order chi connectivity index (χ1) is 6.81. The maximum atomic E-state index is 9.16. The Kier molecular flexibility index (Phi) is 3.91. The molecule has 3 nitrogen and oxygen atoms in total. The Morgan fingerprint density at radius 1 is 1.27 bits per heavy atom. The average Bonchev–Trinajstić information content (AvgIpc) is 2.67. The average molecular weight is 269 g/mol. The molecular formula is C11H13BrN2O. The first kappa shape index (κ1) is 11.8. The molecule has 0 bridgehead atoms. The van der Waals surface area contributed by atoms with Crippen LogP contribution in [-0.4, -0.2) is 14.7 Å². The zero-order valence-corrected chi connectivity index (χ0v) is 10.1. The number of phenolic OH excluding ortho intramolecular Hbond substituents is 1. The topological polar surface area (TPSA) is 38.0 Å². The number of benzene rings is 1. The molecule has 0 unspecified atom stereocenters. The van der Waals surface area contributed by atoms with Crippen LogP contribution in [0.3, 0.4) is 0 Å². The molecule has 1 N–H and O–H groups in total. The molecule has 1 aromatic heterocycles. The van der Waals surface area contributed by atoms with E-state index in [1.807, 2.05) is 24.7 Å². The van der Waals surface area contributed by atoms with E-state index in [4.69, 9.17) is 5.11 Å². The fourth-order valence-electron chi connectivity index (χ4n) is 1.45. The van der Waals surface area contributed by atoms with Gasteiger partial charge < -0.3 is 9.67 Å². The van der Waals surface area contributed by atoms with Crippen LogP contribution in [-0.2, 0) is 6.54 Å². The third-order valence-electron chi connectivity index (χ3n) is 2.22. The fourth-order valence-corrected chi connectivity index (χ4v) is 1.45. The largest absolute Gasteiger partial charge is 0.508 e. The van der Waals surface area contributed by atoms with Crippen molar-refractivity contribution in [3.8, 4) is 17.0 Å². The lowest BCUT2D eigenvalue weighted by Crippen LogP contribution is -1.94. The summed E-state index contributed by atoms with van der Waals surface area (Å²) in [7, 11) is 0. The van der Waals surface area contributed by atoms with Crippen molar-refractivity contribution < 1.29 is 5.11 Å². The van der Waals surface area contributed by atoms with Crippen LogP contribution in [0.1, 0.15) is 6.92 Å². The second-order valence-electron chi connectivity index (χ2n) is 3.11. The van der Waals surface area contributed by atoms with Crippen molar-refractivity contribution in [1.29, 1.82) is 0 Å². The maximum absolute atomic E-state index is 9.16. The fraction of sp³-hybridized carbons (Fsp3) is 0.182. The van der Waals surface area contributed by atoms with Crippen LogP contribution >= 0.6 is 17.0 Å². The summed E-state index contributed by atoms with van der Waals surface area (Å²) in [5, 5.41) is 9.16. The molecule has 80 valence electrons. The lowest BCUT2D eigenvalue weighted by molar-refractivity contribution is 0.475. The molecule has 0 aliphatic carbocycles. The highest BCUT2D eigenvalue weighted by atomic mass is 79.9. The first-order valence-electron chi connectivity index (χ1n) is 4.61. The number of imidazole rings is 1. The Labute approximate surface area is 99.2 Å². The zero-order chi connectivity index (χ0) is 9.97. The summed E-state index contributed by atoms with van der Waals surface area (Å²) in [6.45, 7) is 2.97. The van der Waals surface area contributed by atoms with Crippen LogP contribution in [0.25, 0.3) is 11.3 Å². The number of aromatic hydroxyl groups is 1. The van der Waals surface area contributed by atoms with Gasteiger partial charge in [-0.15, -0.1) is 17.0 Å². The summed E-state index contributed by atoms with van der Waals surface area (Å²) in [6, 6.07) is 7.14. The number of aryl methyl sites for hydroxylation is 1. The Hall–Kier alpha value is -1.29. The third kappa shape index (κ3) is 2.39. The van der Waals surface area contributed by atoms with E-state index in [0.29, 0.717) is 0 Å². The maximum Gasteiger partial charge on any atom is 0.115 e. The van der Waals surface area contributed by atoms with Crippen molar-refractivity contribution in [3.63, 3.8) is 0 Å². The molecule has 0 amide bonds. The second kappa shape index (κ2) is 4.98. The van der Waals surface area contributed by atoms with Crippen LogP contribution in [0.5, 0.6) is 5.75 Å². The number of nitrogens with zero attached hydrogens (tertiary/aromatic N) is 2. The van der Waals surface area contributed by atoms with Crippen molar-refractivity contribution in [1.82, 2.24) is 9.55 Å². The van der Waals surface area contributed by atoms with Gasteiger partial charge in [0.1, 0.15) is 5.75 Å². The number of hydrogen-bond donors (Lipinski definition) is 1. The highest BCUT2D eigenvalue weighted by Crippen LogP contribution is 2.21. The standard InChI is InChI=1S/C11H12N2O.BrH/c1-2-13-8-12-7-11(13)9-3-5-10(14)6-4-9;/h3-8,14H,2H2,1H3;1H. The molecule has 0 saturated heterocycles. The summed E-state index contributed by atoms with van der Waals surface area (Å²) >= 11 is 0. The molecule has 0 spiro atoms. The van der Waals surface area contributed by atoms with E-state index in [1.165, 1.54) is 0 Å². The molecule has 1 heterocycles. The predicted molar refractivity (Wildman–Crippen MR) is 65.3 cm³/mol. The van der Waals surface area contributed by atoms with Crippen LogP contribution in [0.15, 0.2) is 36.8 Å². The quantitative estimate of drug-likeness (QED) is 0.910. The molecule has 4 heteroatoms. The lowest BCUT2D eigenvalue weighted by Gasteiger charge is -2.04. The molecule has 1 aromatic carbocycles. The summed E-state index contributed by atoms with van der Waals surface area (Å²) in [5.41, 5.74) is 2.15. The summed E-state index contributed by atoms with van der Waals surface area (Å²) < 4.78 is 2.06. The van der Waals surface area contributed by atoms with E-state index < -0.39 is 0 Å². The van der Waals surface area contributed by atoms with Gasteiger partial charge in [-0.05, 0) is 31.2 Å². The Morgan fingerprint density at radius 3 is 2.53 bits per heavy atom. The van der Waals surface area contributed by atoms with Gasteiger partial charge in [0.2, 0.25) is 0 Å². The van der Waals surface area contributed by atoms with Gasteiger partial charge in [-0.1, -0.05) is 0 Å². The van der Waals surface area contributed by atoms with Gasteiger partial charge in [-0.2, -0.15) is 0 Å². The van der Waals surface area contributed by atoms with Crippen LogP contribution in [0.2, 0.25) is 0 Å². The minimum atomic E-state index is 0. The Balaban J connectivity index is 0.00000112. The minimum Gasteiger partial charge on any atom is -0.508 e. The van der Waals surface area contributed by atoms with E-state index in [2.05, 4.69) is 16.5 Å². The van der Waals surface area contributed by atoms with E-state index in [0.717, 1.165) is 17.8 Å². The Morgan fingerprint density at radius 2 is 1.93 bits per heavy atom. The molecular weight excluding hydrogens is 256 g/mol. The predicted octanol–water partition coefficient (Wildman–Crippen LogP) is 2.85. The summed E-state index contributed by atoms with van der Waals surface area (Å²) in [4.78, 5) is 4.09. The monoisotopic (exact) mass is 268 g/mol.